The minimum Gasteiger partial charge on any atom is -0.437 e. The Kier molecular flexibility index (Phi) is 2.44. The van der Waals surface area contributed by atoms with Crippen molar-refractivity contribution in [2.45, 2.75) is 26.8 Å². The van der Waals surface area contributed by atoms with E-state index in [1.54, 1.807) is 0 Å². The first-order chi connectivity index (χ1) is 7.08. The van der Waals surface area contributed by atoms with Gasteiger partial charge in [-0.05, 0) is 25.0 Å². The average molecular weight is 205 g/mol. The van der Waals surface area contributed by atoms with Gasteiger partial charge in [-0.1, -0.05) is 13.8 Å². The molecule has 4 nitrogen and oxygen atoms in total. The zero-order valence-corrected chi connectivity index (χ0v) is 9.19. The van der Waals surface area contributed by atoms with Gasteiger partial charge in [-0.15, -0.1) is 0 Å². The highest BCUT2D eigenvalue weighted by atomic mass is 16.3. The zero-order chi connectivity index (χ0) is 11.0. The molecular formula is C11H15N3O. The summed E-state index contributed by atoms with van der Waals surface area (Å²) in [5.41, 5.74) is 8.23. The summed E-state index contributed by atoms with van der Waals surface area (Å²) in [5, 5.41) is 0. The molecule has 2 rings (SSSR count). The van der Waals surface area contributed by atoms with Crippen LogP contribution in [0.3, 0.4) is 0 Å². The smallest absolute Gasteiger partial charge is 0.214 e. The molecule has 0 aliphatic heterocycles. The average Bonchev–Trinajstić information content (AvgIpc) is 2.58. The Morgan fingerprint density at radius 2 is 2.00 bits per heavy atom. The van der Waals surface area contributed by atoms with E-state index in [9.17, 15) is 0 Å². The van der Waals surface area contributed by atoms with E-state index in [1.807, 2.05) is 32.9 Å². The molecule has 2 heterocycles. The fourth-order valence-corrected chi connectivity index (χ4v) is 1.36. The Bertz CT molecular complexity index is 476. The van der Waals surface area contributed by atoms with Gasteiger partial charge in [0.15, 0.2) is 11.2 Å². The number of aromatic nitrogens is 2. The Morgan fingerprint density at radius 1 is 1.27 bits per heavy atom. The first-order valence-corrected chi connectivity index (χ1v) is 5.07. The molecule has 0 fully saturated rings. The molecule has 4 heteroatoms. The summed E-state index contributed by atoms with van der Waals surface area (Å²) in [4.78, 5) is 8.57. The molecule has 0 spiro atoms. The van der Waals surface area contributed by atoms with Gasteiger partial charge in [0.05, 0.1) is 6.04 Å². The van der Waals surface area contributed by atoms with Gasteiger partial charge in [0, 0.05) is 5.69 Å². The van der Waals surface area contributed by atoms with Gasteiger partial charge in [0.25, 0.3) is 0 Å². The number of rotatable bonds is 2. The quantitative estimate of drug-likeness (QED) is 0.816. The van der Waals surface area contributed by atoms with Crippen LogP contribution in [0.5, 0.6) is 0 Å². The highest BCUT2D eigenvalue weighted by Gasteiger charge is 2.17. The highest BCUT2D eigenvalue weighted by Crippen LogP contribution is 2.22. The topological polar surface area (TPSA) is 64.9 Å². The molecule has 2 aromatic rings. The third-order valence-electron chi connectivity index (χ3n) is 2.41. The van der Waals surface area contributed by atoms with Crippen molar-refractivity contribution in [3.63, 3.8) is 0 Å². The Balaban J connectivity index is 2.47. The fraction of sp³-hybridized carbons (Fsp3) is 0.455. The van der Waals surface area contributed by atoms with Crippen LogP contribution in [0.2, 0.25) is 0 Å². The van der Waals surface area contributed by atoms with Crippen molar-refractivity contribution >= 4 is 11.2 Å². The fourth-order valence-electron chi connectivity index (χ4n) is 1.36. The van der Waals surface area contributed by atoms with E-state index < -0.39 is 0 Å². The molecule has 2 N–H and O–H groups in total. The van der Waals surface area contributed by atoms with Gasteiger partial charge in [-0.3, -0.25) is 0 Å². The Hall–Kier alpha value is -1.42. The van der Waals surface area contributed by atoms with E-state index in [0.29, 0.717) is 23.0 Å². The maximum Gasteiger partial charge on any atom is 0.214 e. The number of pyridine rings is 1. The monoisotopic (exact) mass is 205 g/mol. The molecule has 0 bridgehead atoms. The van der Waals surface area contributed by atoms with Crippen molar-refractivity contribution in [2.75, 3.05) is 0 Å². The van der Waals surface area contributed by atoms with Gasteiger partial charge < -0.3 is 10.2 Å². The van der Waals surface area contributed by atoms with Crippen LogP contribution in [0.25, 0.3) is 11.2 Å². The molecule has 0 aromatic carbocycles. The summed E-state index contributed by atoms with van der Waals surface area (Å²) in [6, 6.07) is 3.61. The van der Waals surface area contributed by atoms with Crippen molar-refractivity contribution in [2.24, 2.45) is 11.7 Å². The Morgan fingerprint density at radius 3 is 2.67 bits per heavy atom. The van der Waals surface area contributed by atoms with Gasteiger partial charge >= 0.3 is 0 Å². The molecular weight excluding hydrogens is 190 g/mol. The van der Waals surface area contributed by atoms with Gasteiger partial charge in [0.1, 0.15) is 0 Å². The van der Waals surface area contributed by atoms with Crippen molar-refractivity contribution in [3.8, 4) is 0 Å². The van der Waals surface area contributed by atoms with Crippen LogP contribution < -0.4 is 5.73 Å². The lowest BCUT2D eigenvalue weighted by Gasteiger charge is -2.09. The Labute approximate surface area is 88.5 Å². The molecule has 2 aromatic heterocycles. The maximum absolute atomic E-state index is 5.96. The SMILES string of the molecule is Cc1ccc2oc(C(N)C(C)C)nc2n1. The van der Waals surface area contributed by atoms with E-state index in [-0.39, 0.29) is 6.04 Å². The number of aryl methyl sites for hydroxylation is 1. The van der Waals surface area contributed by atoms with Crippen LogP contribution in [0.15, 0.2) is 16.5 Å². The standard InChI is InChI=1S/C11H15N3O/c1-6(2)9(12)11-14-10-8(15-11)5-4-7(3)13-10/h4-6,9H,12H2,1-3H3. The van der Waals surface area contributed by atoms with Crippen LogP contribution in [-0.2, 0) is 0 Å². The summed E-state index contributed by atoms with van der Waals surface area (Å²) in [6.07, 6.45) is 0. The van der Waals surface area contributed by atoms with E-state index in [2.05, 4.69) is 9.97 Å². The van der Waals surface area contributed by atoms with E-state index in [4.69, 9.17) is 10.2 Å². The number of hydrogen-bond acceptors (Lipinski definition) is 4. The predicted molar refractivity (Wildman–Crippen MR) is 58.3 cm³/mol. The first kappa shape index (κ1) is 10.1. The molecule has 80 valence electrons. The predicted octanol–water partition coefficient (Wildman–Crippen LogP) is 2.19. The number of nitrogens with zero attached hydrogens (tertiary/aromatic N) is 2. The summed E-state index contributed by atoms with van der Waals surface area (Å²) in [6.45, 7) is 6.01. The zero-order valence-electron chi connectivity index (χ0n) is 9.19. The molecule has 1 atom stereocenters. The lowest BCUT2D eigenvalue weighted by atomic mass is 10.1. The van der Waals surface area contributed by atoms with Crippen molar-refractivity contribution in [1.29, 1.82) is 0 Å². The molecule has 15 heavy (non-hydrogen) atoms. The summed E-state index contributed by atoms with van der Waals surface area (Å²) < 4.78 is 5.55. The van der Waals surface area contributed by atoms with Gasteiger partial charge in [-0.25, -0.2) is 4.98 Å². The minimum absolute atomic E-state index is 0.167. The second-order valence-corrected chi connectivity index (χ2v) is 4.10. The third-order valence-corrected chi connectivity index (χ3v) is 2.41. The van der Waals surface area contributed by atoms with Crippen LogP contribution in [0.4, 0.5) is 0 Å². The normalized spacial score (nSPS) is 13.7. The second kappa shape index (κ2) is 3.62. The van der Waals surface area contributed by atoms with Crippen molar-refractivity contribution in [1.82, 2.24) is 9.97 Å². The third kappa shape index (κ3) is 1.85. The van der Waals surface area contributed by atoms with E-state index in [1.165, 1.54) is 0 Å². The number of hydrogen-bond donors (Lipinski definition) is 1. The second-order valence-electron chi connectivity index (χ2n) is 4.10. The molecule has 0 aliphatic rings. The largest absolute Gasteiger partial charge is 0.437 e. The lowest BCUT2D eigenvalue weighted by molar-refractivity contribution is 0.403. The first-order valence-electron chi connectivity index (χ1n) is 5.07. The molecule has 0 saturated heterocycles. The van der Waals surface area contributed by atoms with Crippen molar-refractivity contribution < 1.29 is 4.42 Å². The van der Waals surface area contributed by atoms with Crippen LogP contribution in [-0.4, -0.2) is 9.97 Å². The molecule has 1 unspecified atom stereocenters. The molecule has 0 amide bonds. The van der Waals surface area contributed by atoms with Crippen LogP contribution in [0, 0.1) is 12.8 Å². The van der Waals surface area contributed by atoms with Gasteiger partial charge in [-0.2, -0.15) is 4.98 Å². The number of nitrogens with two attached hydrogens (primary N) is 1. The lowest BCUT2D eigenvalue weighted by Crippen LogP contribution is -2.16. The van der Waals surface area contributed by atoms with E-state index in [0.717, 1.165) is 5.69 Å². The molecule has 0 radical (unpaired) electrons. The summed E-state index contributed by atoms with van der Waals surface area (Å²) in [5.74, 6) is 0.872. The van der Waals surface area contributed by atoms with Gasteiger partial charge in [0.2, 0.25) is 5.89 Å². The highest BCUT2D eigenvalue weighted by molar-refractivity contribution is 5.67. The van der Waals surface area contributed by atoms with Crippen molar-refractivity contribution in [3.05, 3.63) is 23.7 Å². The molecule has 0 saturated carbocycles. The van der Waals surface area contributed by atoms with Crippen LogP contribution in [0.1, 0.15) is 31.5 Å². The number of oxazole rings is 1. The maximum atomic E-state index is 5.96. The summed E-state index contributed by atoms with van der Waals surface area (Å²) >= 11 is 0. The number of fused-ring (bicyclic) bond motifs is 1. The van der Waals surface area contributed by atoms with Crippen LogP contribution >= 0.6 is 0 Å². The molecule has 0 aliphatic carbocycles. The van der Waals surface area contributed by atoms with E-state index >= 15 is 0 Å². The summed E-state index contributed by atoms with van der Waals surface area (Å²) in [7, 11) is 0. The minimum atomic E-state index is -0.167.